The fourth-order valence-electron chi connectivity index (χ4n) is 2.56. The molecule has 1 amide bonds. The number of H-pyrrole nitrogens is 1. The normalized spacial score (nSPS) is 19.9. The Labute approximate surface area is 120 Å². The molecule has 1 unspecified atom stereocenters. The minimum absolute atomic E-state index is 0.0444. The molecule has 0 aromatic carbocycles. The fraction of sp³-hybridized carbons (Fsp3) is 0.733. The van der Waals surface area contributed by atoms with Crippen molar-refractivity contribution in [2.45, 2.75) is 52.6 Å². The highest BCUT2D eigenvalue weighted by atomic mass is 16.5. The van der Waals surface area contributed by atoms with Gasteiger partial charge in [-0.1, -0.05) is 6.92 Å². The second kappa shape index (κ2) is 6.88. The lowest BCUT2D eigenvalue weighted by molar-refractivity contribution is 0.0432. The average molecular weight is 279 g/mol. The lowest BCUT2D eigenvalue weighted by Gasteiger charge is -2.20. The van der Waals surface area contributed by atoms with Gasteiger partial charge < -0.3 is 9.64 Å². The molecule has 2 heterocycles. The maximum atomic E-state index is 12.5. The van der Waals surface area contributed by atoms with Crippen LogP contribution in [-0.2, 0) is 4.74 Å². The summed E-state index contributed by atoms with van der Waals surface area (Å²) in [5.74, 6) is 0.0444. The van der Waals surface area contributed by atoms with E-state index < -0.39 is 0 Å². The molecule has 0 saturated carbocycles. The Morgan fingerprint density at radius 3 is 2.85 bits per heavy atom. The molecule has 1 N–H and O–H groups in total. The molecule has 5 nitrogen and oxygen atoms in total. The average Bonchev–Trinajstić information content (AvgIpc) is 2.68. The number of aromatic nitrogens is 2. The van der Waals surface area contributed by atoms with Gasteiger partial charge in [-0.2, -0.15) is 5.10 Å². The van der Waals surface area contributed by atoms with E-state index in [1.165, 1.54) is 0 Å². The van der Waals surface area contributed by atoms with Gasteiger partial charge in [0.2, 0.25) is 0 Å². The standard InChI is InChI=1S/C15H25N3O2/c1-4-10-20-13-6-5-8-18(9-7-13)15(19)14-11(2)12(3)16-17-14/h13H,4-10H2,1-3H3,(H,16,17). The number of nitrogens with one attached hydrogen (secondary N) is 1. The smallest absolute Gasteiger partial charge is 0.274 e. The van der Waals surface area contributed by atoms with E-state index in [1.807, 2.05) is 18.7 Å². The molecule has 0 spiro atoms. The largest absolute Gasteiger partial charge is 0.378 e. The van der Waals surface area contributed by atoms with Crippen LogP contribution < -0.4 is 0 Å². The maximum Gasteiger partial charge on any atom is 0.274 e. The first-order valence-electron chi connectivity index (χ1n) is 7.56. The van der Waals surface area contributed by atoms with Crippen molar-refractivity contribution in [2.75, 3.05) is 19.7 Å². The van der Waals surface area contributed by atoms with Crippen LogP contribution in [0.5, 0.6) is 0 Å². The van der Waals surface area contributed by atoms with Crippen molar-refractivity contribution in [3.05, 3.63) is 17.0 Å². The number of amides is 1. The molecule has 1 fully saturated rings. The predicted molar refractivity (Wildman–Crippen MR) is 77.8 cm³/mol. The van der Waals surface area contributed by atoms with Gasteiger partial charge in [0.25, 0.3) is 5.91 Å². The van der Waals surface area contributed by atoms with Crippen LogP contribution in [0.2, 0.25) is 0 Å². The zero-order valence-corrected chi connectivity index (χ0v) is 12.7. The number of nitrogens with zero attached hydrogens (tertiary/aromatic N) is 2. The Kier molecular flexibility index (Phi) is 5.17. The van der Waals surface area contributed by atoms with Crippen molar-refractivity contribution in [3.8, 4) is 0 Å². The second-order valence-corrected chi connectivity index (χ2v) is 5.54. The van der Waals surface area contributed by atoms with Crippen molar-refractivity contribution in [1.82, 2.24) is 15.1 Å². The summed E-state index contributed by atoms with van der Waals surface area (Å²) < 4.78 is 5.81. The minimum atomic E-state index is 0.0444. The summed E-state index contributed by atoms with van der Waals surface area (Å²) in [7, 11) is 0. The molecule has 0 radical (unpaired) electrons. The zero-order chi connectivity index (χ0) is 14.5. The van der Waals surface area contributed by atoms with Gasteiger partial charge in [-0.25, -0.2) is 0 Å². The van der Waals surface area contributed by atoms with Crippen LogP contribution in [0.4, 0.5) is 0 Å². The lowest BCUT2D eigenvalue weighted by Crippen LogP contribution is -2.33. The summed E-state index contributed by atoms with van der Waals surface area (Å²) in [5, 5.41) is 7.03. The summed E-state index contributed by atoms with van der Waals surface area (Å²) >= 11 is 0. The Bertz CT molecular complexity index is 456. The number of hydrogen-bond donors (Lipinski definition) is 1. The number of aromatic amines is 1. The van der Waals surface area contributed by atoms with E-state index in [-0.39, 0.29) is 5.91 Å². The summed E-state index contributed by atoms with van der Waals surface area (Å²) in [6, 6.07) is 0. The third-order valence-corrected chi connectivity index (χ3v) is 3.98. The molecule has 1 aliphatic rings. The number of rotatable bonds is 4. The Morgan fingerprint density at radius 1 is 1.40 bits per heavy atom. The number of carbonyl (C=O) groups is 1. The highest BCUT2D eigenvalue weighted by Gasteiger charge is 2.24. The van der Waals surface area contributed by atoms with E-state index in [2.05, 4.69) is 17.1 Å². The quantitative estimate of drug-likeness (QED) is 0.921. The highest BCUT2D eigenvalue weighted by molar-refractivity contribution is 5.93. The first kappa shape index (κ1) is 15.0. The molecule has 0 bridgehead atoms. The van der Waals surface area contributed by atoms with E-state index in [0.29, 0.717) is 11.8 Å². The maximum absolute atomic E-state index is 12.5. The fourth-order valence-corrected chi connectivity index (χ4v) is 2.56. The van der Waals surface area contributed by atoms with Gasteiger partial charge in [0, 0.05) is 31.0 Å². The van der Waals surface area contributed by atoms with Crippen LogP contribution in [0.25, 0.3) is 0 Å². The third-order valence-electron chi connectivity index (χ3n) is 3.98. The molecule has 1 atom stereocenters. The molecule has 1 aliphatic heterocycles. The number of carbonyl (C=O) groups excluding carboxylic acids is 1. The summed E-state index contributed by atoms with van der Waals surface area (Å²) in [4.78, 5) is 14.4. The molecule has 20 heavy (non-hydrogen) atoms. The third kappa shape index (κ3) is 3.39. The lowest BCUT2D eigenvalue weighted by atomic mass is 10.1. The minimum Gasteiger partial charge on any atom is -0.378 e. The SMILES string of the molecule is CCCOC1CCCN(C(=O)c2n[nH]c(C)c2C)CC1. The van der Waals surface area contributed by atoms with Crippen LogP contribution >= 0.6 is 0 Å². The van der Waals surface area contributed by atoms with Gasteiger partial charge >= 0.3 is 0 Å². The van der Waals surface area contributed by atoms with Crippen molar-refractivity contribution >= 4 is 5.91 Å². The molecule has 1 saturated heterocycles. The summed E-state index contributed by atoms with van der Waals surface area (Å²) in [6.45, 7) is 8.38. The first-order chi connectivity index (χ1) is 9.63. The highest BCUT2D eigenvalue weighted by Crippen LogP contribution is 2.18. The van der Waals surface area contributed by atoms with Gasteiger partial charge in [0.1, 0.15) is 0 Å². The molecule has 5 heteroatoms. The zero-order valence-electron chi connectivity index (χ0n) is 12.7. The van der Waals surface area contributed by atoms with Crippen molar-refractivity contribution < 1.29 is 9.53 Å². The van der Waals surface area contributed by atoms with Crippen LogP contribution in [0.15, 0.2) is 0 Å². The molecule has 2 rings (SSSR count). The molecular weight excluding hydrogens is 254 g/mol. The molecule has 1 aromatic heterocycles. The van der Waals surface area contributed by atoms with E-state index >= 15 is 0 Å². The van der Waals surface area contributed by atoms with Gasteiger partial charge in [0.15, 0.2) is 5.69 Å². The number of aryl methyl sites for hydroxylation is 1. The molecule has 112 valence electrons. The van der Waals surface area contributed by atoms with Crippen LogP contribution in [-0.4, -0.2) is 46.8 Å². The van der Waals surface area contributed by atoms with Crippen LogP contribution in [0.3, 0.4) is 0 Å². The topological polar surface area (TPSA) is 58.2 Å². The number of likely N-dealkylation sites (tertiary alicyclic amines) is 1. The Hall–Kier alpha value is -1.36. The van der Waals surface area contributed by atoms with E-state index in [9.17, 15) is 4.79 Å². The van der Waals surface area contributed by atoms with E-state index in [1.54, 1.807) is 0 Å². The van der Waals surface area contributed by atoms with Crippen LogP contribution in [0.1, 0.15) is 54.4 Å². The first-order valence-corrected chi connectivity index (χ1v) is 7.56. The van der Waals surface area contributed by atoms with Crippen molar-refractivity contribution in [1.29, 1.82) is 0 Å². The summed E-state index contributed by atoms with van der Waals surface area (Å²) in [5.41, 5.74) is 2.49. The summed E-state index contributed by atoms with van der Waals surface area (Å²) in [6.07, 6.45) is 4.32. The van der Waals surface area contributed by atoms with E-state index in [4.69, 9.17) is 4.74 Å². The number of hydrogen-bond acceptors (Lipinski definition) is 3. The second-order valence-electron chi connectivity index (χ2n) is 5.54. The Morgan fingerprint density at radius 2 is 2.20 bits per heavy atom. The Balaban J connectivity index is 1.96. The monoisotopic (exact) mass is 279 g/mol. The molecule has 1 aromatic rings. The van der Waals surface area contributed by atoms with Crippen molar-refractivity contribution in [3.63, 3.8) is 0 Å². The van der Waals surface area contributed by atoms with Gasteiger partial charge in [-0.3, -0.25) is 9.89 Å². The van der Waals surface area contributed by atoms with E-state index in [0.717, 1.165) is 56.6 Å². The van der Waals surface area contributed by atoms with Gasteiger partial charge in [-0.15, -0.1) is 0 Å². The van der Waals surface area contributed by atoms with Crippen LogP contribution in [0, 0.1) is 13.8 Å². The molecular formula is C15H25N3O2. The number of ether oxygens (including phenoxy) is 1. The van der Waals surface area contributed by atoms with Crippen molar-refractivity contribution in [2.24, 2.45) is 0 Å². The van der Waals surface area contributed by atoms with Gasteiger partial charge in [-0.05, 0) is 39.5 Å². The van der Waals surface area contributed by atoms with Gasteiger partial charge in [0.05, 0.1) is 6.10 Å². The predicted octanol–water partition coefficient (Wildman–Crippen LogP) is 2.45. The molecule has 0 aliphatic carbocycles.